The van der Waals surface area contributed by atoms with Crippen molar-refractivity contribution in [1.29, 1.82) is 0 Å². The fourth-order valence-corrected chi connectivity index (χ4v) is 4.15. The number of aromatic hydroxyl groups is 1. The summed E-state index contributed by atoms with van der Waals surface area (Å²) < 4.78 is 5.36. The van der Waals surface area contributed by atoms with Crippen molar-refractivity contribution in [2.45, 2.75) is 104 Å². The standard InChI is InChI=1S/C28H47N3O5S/c1-8-9-10-17-29-25(33)24(21-13-15-22(32)16-14-21)31(20(4)12-11-19(2)3)26(34)23(18-37)30-27(35)36-28(5,6)7/h13-16,19-20,23-24,32,37H,8-12,17-18H2,1-7H3,(H,29,33)(H,30,35). The summed E-state index contributed by atoms with van der Waals surface area (Å²) >= 11 is 4.34. The number of hydrogen-bond acceptors (Lipinski definition) is 6. The maximum atomic E-state index is 14.0. The van der Waals surface area contributed by atoms with Gasteiger partial charge in [-0.05, 0) is 70.6 Å². The van der Waals surface area contributed by atoms with Gasteiger partial charge in [-0.15, -0.1) is 0 Å². The summed E-state index contributed by atoms with van der Waals surface area (Å²) in [5.74, 6) is -0.210. The van der Waals surface area contributed by atoms with E-state index in [-0.39, 0.29) is 23.5 Å². The average Bonchev–Trinajstić information content (AvgIpc) is 2.81. The molecule has 3 atom stereocenters. The molecule has 1 aromatic rings. The van der Waals surface area contributed by atoms with Gasteiger partial charge in [0.25, 0.3) is 0 Å². The molecule has 0 fully saturated rings. The summed E-state index contributed by atoms with van der Waals surface area (Å²) in [4.78, 5) is 41.7. The van der Waals surface area contributed by atoms with Gasteiger partial charge < -0.3 is 25.4 Å². The monoisotopic (exact) mass is 537 g/mol. The van der Waals surface area contributed by atoms with Gasteiger partial charge in [-0.1, -0.05) is 45.7 Å². The lowest BCUT2D eigenvalue weighted by Crippen LogP contribution is -2.56. The minimum atomic E-state index is -0.993. The third-order valence-corrected chi connectivity index (χ3v) is 6.24. The number of hydrogen-bond donors (Lipinski definition) is 4. The number of thiol groups is 1. The predicted octanol–water partition coefficient (Wildman–Crippen LogP) is 5.22. The van der Waals surface area contributed by atoms with Gasteiger partial charge in [-0.3, -0.25) is 9.59 Å². The minimum absolute atomic E-state index is 0.0336. The maximum absolute atomic E-state index is 14.0. The van der Waals surface area contributed by atoms with Gasteiger partial charge in [0.2, 0.25) is 11.8 Å². The molecule has 0 aromatic heterocycles. The number of phenolic OH excluding ortho intramolecular Hbond substituents is 1. The largest absolute Gasteiger partial charge is 0.508 e. The maximum Gasteiger partial charge on any atom is 0.408 e. The van der Waals surface area contributed by atoms with Gasteiger partial charge in [0.1, 0.15) is 23.4 Å². The number of benzene rings is 1. The van der Waals surface area contributed by atoms with E-state index in [4.69, 9.17) is 4.74 Å². The minimum Gasteiger partial charge on any atom is -0.508 e. The van der Waals surface area contributed by atoms with E-state index in [1.165, 1.54) is 12.1 Å². The molecule has 0 bridgehead atoms. The molecule has 9 heteroatoms. The second-order valence-electron chi connectivity index (χ2n) is 10.9. The molecule has 8 nitrogen and oxygen atoms in total. The van der Waals surface area contributed by atoms with E-state index >= 15 is 0 Å². The van der Waals surface area contributed by atoms with Crippen LogP contribution in [-0.2, 0) is 14.3 Å². The van der Waals surface area contributed by atoms with E-state index in [1.54, 1.807) is 37.8 Å². The molecule has 210 valence electrons. The Morgan fingerprint density at radius 1 is 1.05 bits per heavy atom. The summed E-state index contributed by atoms with van der Waals surface area (Å²) in [5.41, 5.74) is -0.156. The van der Waals surface area contributed by atoms with E-state index in [0.717, 1.165) is 25.7 Å². The number of nitrogens with zero attached hydrogens (tertiary/aromatic N) is 1. The second kappa shape index (κ2) is 15.7. The van der Waals surface area contributed by atoms with Crippen molar-refractivity contribution < 1.29 is 24.2 Å². The molecule has 3 amide bonds. The fourth-order valence-electron chi connectivity index (χ4n) is 3.91. The van der Waals surface area contributed by atoms with E-state index < -0.39 is 29.7 Å². The third kappa shape index (κ3) is 11.7. The lowest BCUT2D eigenvalue weighted by Gasteiger charge is -2.38. The number of ether oxygens (including phenoxy) is 1. The molecule has 0 aliphatic carbocycles. The zero-order chi connectivity index (χ0) is 28.2. The highest BCUT2D eigenvalue weighted by molar-refractivity contribution is 7.80. The van der Waals surface area contributed by atoms with E-state index in [1.807, 2.05) is 6.92 Å². The lowest BCUT2D eigenvalue weighted by molar-refractivity contribution is -0.144. The zero-order valence-electron chi connectivity index (χ0n) is 23.5. The van der Waals surface area contributed by atoms with Crippen LogP contribution >= 0.6 is 12.6 Å². The average molecular weight is 538 g/mol. The highest BCUT2D eigenvalue weighted by atomic mass is 32.1. The first-order valence-electron chi connectivity index (χ1n) is 13.3. The van der Waals surface area contributed by atoms with Crippen molar-refractivity contribution in [2.24, 2.45) is 5.92 Å². The summed E-state index contributed by atoms with van der Waals surface area (Å²) in [6.45, 7) is 14.0. The van der Waals surface area contributed by atoms with Crippen LogP contribution in [0.25, 0.3) is 0 Å². The zero-order valence-corrected chi connectivity index (χ0v) is 24.4. The topological polar surface area (TPSA) is 108 Å². The molecule has 3 N–H and O–H groups in total. The van der Waals surface area contributed by atoms with Gasteiger partial charge >= 0.3 is 6.09 Å². The number of alkyl carbamates (subject to hydrolysis) is 1. The van der Waals surface area contributed by atoms with Crippen LogP contribution in [0, 0.1) is 5.92 Å². The molecular weight excluding hydrogens is 490 g/mol. The Morgan fingerprint density at radius 2 is 1.68 bits per heavy atom. The van der Waals surface area contributed by atoms with Crippen LogP contribution in [0.2, 0.25) is 0 Å². The van der Waals surface area contributed by atoms with Crippen molar-refractivity contribution in [2.75, 3.05) is 12.3 Å². The van der Waals surface area contributed by atoms with E-state index in [0.29, 0.717) is 24.4 Å². The second-order valence-corrected chi connectivity index (χ2v) is 11.3. The first kappa shape index (κ1) is 32.6. The van der Waals surface area contributed by atoms with Crippen LogP contribution in [0.3, 0.4) is 0 Å². The molecule has 0 aliphatic heterocycles. The number of rotatable bonds is 14. The van der Waals surface area contributed by atoms with Crippen molar-refractivity contribution in [3.05, 3.63) is 29.8 Å². The number of nitrogens with one attached hydrogen (secondary N) is 2. The number of carbonyl (C=O) groups excluding carboxylic acids is 3. The molecule has 0 saturated carbocycles. The predicted molar refractivity (Wildman–Crippen MR) is 151 cm³/mol. The van der Waals surface area contributed by atoms with E-state index in [9.17, 15) is 19.5 Å². The summed E-state index contributed by atoms with van der Waals surface area (Å²) in [6, 6.07) is 4.06. The van der Waals surface area contributed by atoms with Crippen LogP contribution in [0.5, 0.6) is 5.75 Å². The quantitative estimate of drug-likeness (QED) is 0.192. The first-order chi connectivity index (χ1) is 17.3. The Balaban J connectivity index is 3.43. The van der Waals surface area contributed by atoms with Crippen LogP contribution in [0.4, 0.5) is 4.79 Å². The highest BCUT2D eigenvalue weighted by Gasteiger charge is 2.38. The Bertz CT molecular complexity index is 854. The molecule has 3 unspecified atom stereocenters. The lowest BCUT2D eigenvalue weighted by atomic mass is 9.97. The number of carbonyl (C=O) groups is 3. The smallest absolute Gasteiger partial charge is 0.408 e. The number of unbranched alkanes of at least 4 members (excludes halogenated alkanes) is 2. The van der Waals surface area contributed by atoms with E-state index in [2.05, 4.69) is 44.0 Å². The molecule has 0 heterocycles. The summed E-state index contributed by atoms with van der Waals surface area (Å²) in [7, 11) is 0. The molecule has 1 rings (SSSR count). The molecular formula is C28H47N3O5S. The van der Waals surface area contributed by atoms with Gasteiger partial charge in [0.05, 0.1) is 0 Å². The fraction of sp³-hybridized carbons (Fsp3) is 0.679. The Morgan fingerprint density at radius 3 is 2.19 bits per heavy atom. The van der Waals surface area contributed by atoms with Gasteiger partial charge in [0, 0.05) is 18.3 Å². The Kier molecular flexibility index (Phi) is 13.9. The highest BCUT2D eigenvalue weighted by Crippen LogP contribution is 2.28. The summed E-state index contributed by atoms with van der Waals surface area (Å²) in [5, 5.41) is 15.5. The van der Waals surface area contributed by atoms with Crippen LogP contribution in [0.15, 0.2) is 24.3 Å². The van der Waals surface area contributed by atoms with Crippen LogP contribution in [0.1, 0.15) is 92.2 Å². The van der Waals surface area contributed by atoms with Crippen molar-refractivity contribution in [1.82, 2.24) is 15.5 Å². The Labute approximate surface area is 228 Å². The van der Waals surface area contributed by atoms with Crippen molar-refractivity contribution >= 4 is 30.5 Å². The van der Waals surface area contributed by atoms with Gasteiger partial charge in [-0.25, -0.2) is 4.79 Å². The number of phenols is 1. The molecule has 0 saturated heterocycles. The van der Waals surface area contributed by atoms with Crippen molar-refractivity contribution in [3.8, 4) is 5.75 Å². The molecule has 37 heavy (non-hydrogen) atoms. The number of amides is 3. The van der Waals surface area contributed by atoms with Crippen molar-refractivity contribution in [3.63, 3.8) is 0 Å². The van der Waals surface area contributed by atoms with Crippen LogP contribution in [-0.4, -0.2) is 57.9 Å². The van der Waals surface area contributed by atoms with Gasteiger partial charge in [0.15, 0.2) is 0 Å². The molecule has 0 radical (unpaired) electrons. The molecule has 0 spiro atoms. The third-order valence-electron chi connectivity index (χ3n) is 5.88. The normalized spacial score (nSPS) is 14.0. The summed E-state index contributed by atoms with van der Waals surface area (Å²) in [6.07, 6.45) is 3.65. The van der Waals surface area contributed by atoms with Crippen LogP contribution < -0.4 is 10.6 Å². The molecule has 1 aromatic carbocycles. The Hall–Kier alpha value is -2.42. The SMILES string of the molecule is CCCCCNC(=O)C(c1ccc(O)cc1)N(C(=O)C(CS)NC(=O)OC(C)(C)C)C(C)CCC(C)C. The molecule has 0 aliphatic rings. The van der Waals surface area contributed by atoms with Gasteiger partial charge in [-0.2, -0.15) is 12.6 Å². The first-order valence-corrected chi connectivity index (χ1v) is 13.9.